The second-order valence-corrected chi connectivity index (χ2v) is 7.98. The normalized spacial score (nSPS) is 12.6. The number of hydrogen-bond donors (Lipinski definition) is 0. The van der Waals surface area contributed by atoms with E-state index in [0.717, 1.165) is 24.7 Å². The van der Waals surface area contributed by atoms with E-state index < -0.39 is 11.6 Å². The van der Waals surface area contributed by atoms with Crippen molar-refractivity contribution in [2.75, 3.05) is 0 Å². The van der Waals surface area contributed by atoms with Gasteiger partial charge in [-0.2, -0.15) is 0 Å². The Morgan fingerprint density at radius 2 is 1.43 bits per heavy atom. The third-order valence-corrected chi connectivity index (χ3v) is 5.67. The minimum Gasteiger partial charge on any atom is -0.348 e. The molecule has 1 atom stereocenters. The van der Waals surface area contributed by atoms with E-state index >= 15 is 0 Å². The zero-order valence-electron chi connectivity index (χ0n) is 17.4. The Morgan fingerprint density at radius 1 is 0.867 bits per heavy atom. The number of aryl methyl sites for hydroxylation is 1. The van der Waals surface area contributed by atoms with Crippen molar-refractivity contribution in [2.24, 2.45) is 7.05 Å². The first-order valence-corrected chi connectivity index (χ1v) is 10.3. The molecule has 30 heavy (non-hydrogen) atoms. The Morgan fingerprint density at radius 3 is 2.00 bits per heavy atom. The van der Waals surface area contributed by atoms with Gasteiger partial charge in [-0.05, 0) is 36.1 Å². The number of rotatable bonds is 7. The molecule has 1 heterocycles. The van der Waals surface area contributed by atoms with Gasteiger partial charge in [-0.3, -0.25) is 4.90 Å². The first-order chi connectivity index (χ1) is 14.5. The third-order valence-electron chi connectivity index (χ3n) is 5.67. The number of fused-ring (bicyclic) bond motifs is 1. The van der Waals surface area contributed by atoms with Crippen LogP contribution in [0.5, 0.6) is 0 Å². The van der Waals surface area contributed by atoms with Crippen LogP contribution in [0.4, 0.5) is 8.78 Å². The van der Waals surface area contributed by atoms with Gasteiger partial charge < -0.3 is 4.57 Å². The lowest BCUT2D eigenvalue weighted by molar-refractivity contribution is 0.189. The fourth-order valence-corrected chi connectivity index (χ4v) is 4.15. The van der Waals surface area contributed by atoms with E-state index in [1.165, 1.54) is 17.2 Å². The molecule has 0 radical (unpaired) electrons. The Labute approximate surface area is 176 Å². The van der Waals surface area contributed by atoms with Gasteiger partial charge in [-0.1, -0.05) is 60.7 Å². The zero-order chi connectivity index (χ0) is 21.1. The highest BCUT2D eigenvalue weighted by Crippen LogP contribution is 2.27. The van der Waals surface area contributed by atoms with Crippen LogP contribution in [-0.2, 0) is 26.6 Å². The first kappa shape index (κ1) is 20.3. The van der Waals surface area contributed by atoms with E-state index in [-0.39, 0.29) is 6.04 Å². The molecule has 4 heteroatoms. The molecule has 0 aliphatic carbocycles. The highest BCUT2D eigenvalue weighted by molar-refractivity contribution is 5.84. The summed E-state index contributed by atoms with van der Waals surface area (Å²) in [5, 5.41) is 0.654. The number of halogens is 2. The van der Waals surface area contributed by atoms with Crippen molar-refractivity contribution < 1.29 is 8.78 Å². The molecular formula is C26H26F2N2. The van der Waals surface area contributed by atoms with E-state index in [4.69, 9.17) is 0 Å². The summed E-state index contributed by atoms with van der Waals surface area (Å²) in [6.07, 6.45) is 2.63. The summed E-state index contributed by atoms with van der Waals surface area (Å²) in [5.41, 5.74) is 3.91. The van der Waals surface area contributed by atoms with E-state index in [2.05, 4.69) is 60.4 Å². The minimum atomic E-state index is -0.537. The average molecular weight is 405 g/mol. The van der Waals surface area contributed by atoms with Gasteiger partial charge in [0.25, 0.3) is 0 Å². The van der Waals surface area contributed by atoms with Crippen LogP contribution < -0.4 is 0 Å². The summed E-state index contributed by atoms with van der Waals surface area (Å²) in [5.74, 6) is -1.05. The quantitative estimate of drug-likeness (QED) is 0.362. The number of hydrogen-bond acceptors (Lipinski definition) is 1. The SMILES string of the molecule is C[C@H](Cc1cn(C)c2c(F)cc(F)cc12)N(Cc1ccccc1)Cc1ccccc1. The second kappa shape index (κ2) is 8.80. The molecule has 154 valence electrons. The Bertz CT molecular complexity index is 1080. The zero-order valence-corrected chi connectivity index (χ0v) is 17.4. The summed E-state index contributed by atoms with van der Waals surface area (Å²) in [4.78, 5) is 2.42. The third kappa shape index (κ3) is 4.44. The molecule has 0 aliphatic rings. The largest absolute Gasteiger partial charge is 0.348 e. The maximum atomic E-state index is 14.3. The Kier molecular flexibility index (Phi) is 5.96. The maximum Gasteiger partial charge on any atom is 0.150 e. The molecule has 0 aliphatic heterocycles. The molecule has 0 fully saturated rings. The minimum absolute atomic E-state index is 0.183. The molecule has 1 aromatic heterocycles. The van der Waals surface area contributed by atoms with E-state index in [0.29, 0.717) is 17.3 Å². The summed E-state index contributed by atoms with van der Waals surface area (Å²) in [7, 11) is 1.81. The predicted molar refractivity (Wildman–Crippen MR) is 118 cm³/mol. The molecule has 4 aromatic rings. The molecule has 0 saturated heterocycles. The molecular weight excluding hydrogens is 378 g/mol. The Balaban J connectivity index is 1.63. The molecule has 0 saturated carbocycles. The number of aromatic nitrogens is 1. The summed E-state index contributed by atoms with van der Waals surface area (Å²) < 4.78 is 30.0. The molecule has 4 rings (SSSR count). The lowest BCUT2D eigenvalue weighted by atomic mass is 10.0. The number of benzene rings is 3. The van der Waals surface area contributed by atoms with Crippen LogP contribution in [0.2, 0.25) is 0 Å². The topological polar surface area (TPSA) is 8.17 Å². The first-order valence-electron chi connectivity index (χ1n) is 10.3. The van der Waals surface area contributed by atoms with Crippen molar-refractivity contribution in [3.8, 4) is 0 Å². The fourth-order valence-electron chi connectivity index (χ4n) is 4.15. The van der Waals surface area contributed by atoms with Gasteiger partial charge in [-0.15, -0.1) is 0 Å². The molecule has 0 N–H and O–H groups in total. The van der Waals surface area contributed by atoms with Crippen LogP contribution in [-0.4, -0.2) is 15.5 Å². The van der Waals surface area contributed by atoms with Gasteiger partial charge in [0.05, 0.1) is 5.52 Å². The van der Waals surface area contributed by atoms with Crippen molar-refractivity contribution in [2.45, 2.75) is 32.5 Å². The van der Waals surface area contributed by atoms with Crippen molar-refractivity contribution in [1.29, 1.82) is 0 Å². The monoisotopic (exact) mass is 404 g/mol. The molecule has 2 nitrogen and oxygen atoms in total. The number of nitrogens with zero attached hydrogens (tertiary/aromatic N) is 2. The predicted octanol–water partition coefficient (Wildman–Crippen LogP) is 6.09. The van der Waals surface area contributed by atoms with Crippen molar-refractivity contribution >= 4 is 10.9 Å². The summed E-state index contributed by atoms with van der Waals surface area (Å²) in [6, 6.07) is 23.4. The maximum absolute atomic E-state index is 14.3. The molecule has 0 spiro atoms. The molecule has 3 aromatic carbocycles. The van der Waals surface area contributed by atoms with Gasteiger partial charge in [0.15, 0.2) is 0 Å². The van der Waals surface area contributed by atoms with Gasteiger partial charge in [0.2, 0.25) is 0 Å². The van der Waals surface area contributed by atoms with Gasteiger partial charge >= 0.3 is 0 Å². The van der Waals surface area contributed by atoms with E-state index in [9.17, 15) is 8.78 Å². The van der Waals surface area contributed by atoms with Crippen molar-refractivity contribution in [3.05, 3.63) is 107 Å². The van der Waals surface area contributed by atoms with Gasteiger partial charge in [-0.25, -0.2) is 8.78 Å². The molecule has 0 amide bonds. The van der Waals surface area contributed by atoms with Crippen LogP contribution in [0, 0.1) is 11.6 Å². The Hall–Kier alpha value is -2.98. The second-order valence-electron chi connectivity index (χ2n) is 7.98. The van der Waals surface area contributed by atoms with Crippen LogP contribution in [0.25, 0.3) is 10.9 Å². The van der Waals surface area contributed by atoms with Crippen LogP contribution in [0.1, 0.15) is 23.6 Å². The highest BCUT2D eigenvalue weighted by atomic mass is 19.1. The van der Waals surface area contributed by atoms with Crippen LogP contribution >= 0.6 is 0 Å². The standard InChI is InChI=1S/C26H26F2N2/c1-19(13-22-18-29(2)26-24(22)14-23(27)15-25(26)28)30(16-20-9-5-3-6-10-20)17-21-11-7-4-8-12-21/h3-12,14-15,18-19H,13,16-17H2,1-2H3/t19-/m1/s1. The van der Waals surface area contributed by atoms with E-state index in [1.807, 2.05) is 25.4 Å². The van der Waals surface area contributed by atoms with Crippen LogP contribution in [0.3, 0.4) is 0 Å². The molecule has 0 bridgehead atoms. The average Bonchev–Trinajstić information content (AvgIpc) is 3.04. The lowest BCUT2D eigenvalue weighted by Gasteiger charge is -2.29. The van der Waals surface area contributed by atoms with Crippen LogP contribution in [0.15, 0.2) is 79.0 Å². The summed E-state index contributed by atoms with van der Waals surface area (Å²) >= 11 is 0. The van der Waals surface area contributed by atoms with Gasteiger partial charge in [0.1, 0.15) is 11.6 Å². The molecule has 0 unspecified atom stereocenters. The summed E-state index contributed by atoms with van der Waals surface area (Å²) in [6.45, 7) is 3.80. The van der Waals surface area contributed by atoms with Crippen molar-refractivity contribution in [3.63, 3.8) is 0 Å². The van der Waals surface area contributed by atoms with Crippen molar-refractivity contribution in [1.82, 2.24) is 9.47 Å². The smallest absolute Gasteiger partial charge is 0.150 e. The lowest BCUT2D eigenvalue weighted by Crippen LogP contribution is -2.33. The highest BCUT2D eigenvalue weighted by Gasteiger charge is 2.19. The fraction of sp³-hybridized carbons (Fsp3) is 0.231. The van der Waals surface area contributed by atoms with E-state index in [1.54, 1.807) is 4.57 Å². The van der Waals surface area contributed by atoms with Gasteiger partial charge in [0, 0.05) is 43.8 Å².